The van der Waals surface area contributed by atoms with Gasteiger partial charge in [0.25, 0.3) is 5.91 Å². The summed E-state index contributed by atoms with van der Waals surface area (Å²) in [6.45, 7) is 3.42. The van der Waals surface area contributed by atoms with Gasteiger partial charge in [0.2, 0.25) is 0 Å². The lowest BCUT2D eigenvalue weighted by Gasteiger charge is -2.35. The lowest BCUT2D eigenvalue weighted by Crippen LogP contribution is -2.38. The van der Waals surface area contributed by atoms with E-state index in [2.05, 4.69) is 17.1 Å². The normalized spacial score (nSPS) is 14.0. The fourth-order valence-electron chi connectivity index (χ4n) is 4.59. The molecule has 0 bridgehead atoms. The van der Waals surface area contributed by atoms with Crippen LogP contribution in [0.2, 0.25) is 0 Å². The first-order chi connectivity index (χ1) is 16.5. The second kappa shape index (κ2) is 10.5. The summed E-state index contributed by atoms with van der Waals surface area (Å²) in [5.74, 6) is 0.00358. The van der Waals surface area contributed by atoms with Crippen LogP contribution in [0.25, 0.3) is 0 Å². The van der Waals surface area contributed by atoms with Gasteiger partial charge >= 0.3 is 0 Å². The van der Waals surface area contributed by atoms with Crippen LogP contribution in [-0.4, -0.2) is 31.9 Å². The number of anilines is 2. The highest BCUT2D eigenvalue weighted by Gasteiger charge is 2.29. The van der Waals surface area contributed by atoms with Crippen molar-refractivity contribution >= 4 is 23.1 Å². The van der Waals surface area contributed by atoms with Gasteiger partial charge in [0, 0.05) is 24.6 Å². The molecule has 1 heterocycles. The van der Waals surface area contributed by atoms with Crippen LogP contribution in [0.15, 0.2) is 66.7 Å². The number of halogens is 1. The van der Waals surface area contributed by atoms with E-state index in [-0.39, 0.29) is 23.4 Å². The molecule has 0 aliphatic carbocycles. The largest absolute Gasteiger partial charge is 0.495 e. The van der Waals surface area contributed by atoms with Crippen LogP contribution in [0.5, 0.6) is 5.75 Å². The first-order valence-electron chi connectivity index (χ1n) is 11.6. The number of carbonyl (C=O) groups is 2. The number of rotatable bonds is 7. The highest BCUT2D eigenvalue weighted by Crippen LogP contribution is 2.33. The van der Waals surface area contributed by atoms with Crippen molar-refractivity contribution < 1.29 is 18.7 Å². The molecule has 0 unspecified atom stereocenters. The molecule has 4 rings (SSSR count). The van der Waals surface area contributed by atoms with Gasteiger partial charge in [0.1, 0.15) is 11.6 Å². The Kier molecular flexibility index (Phi) is 7.26. The molecule has 1 saturated heterocycles. The zero-order valence-corrected chi connectivity index (χ0v) is 19.5. The van der Waals surface area contributed by atoms with E-state index in [1.54, 1.807) is 19.2 Å². The van der Waals surface area contributed by atoms with Crippen molar-refractivity contribution in [1.82, 2.24) is 0 Å². The molecule has 1 aliphatic heterocycles. The molecule has 0 saturated carbocycles. The lowest BCUT2D eigenvalue weighted by molar-refractivity contribution is 0.0899. The van der Waals surface area contributed by atoms with Crippen molar-refractivity contribution in [2.75, 3.05) is 30.4 Å². The Morgan fingerprint density at radius 1 is 1.00 bits per heavy atom. The molecule has 0 aromatic heterocycles. The van der Waals surface area contributed by atoms with Crippen molar-refractivity contribution in [1.29, 1.82) is 0 Å². The number of aryl methyl sites for hydroxylation is 1. The molecule has 6 heteroatoms. The summed E-state index contributed by atoms with van der Waals surface area (Å²) in [7, 11) is 1.57. The summed E-state index contributed by atoms with van der Waals surface area (Å²) in [4.78, 5) is 28.4. The molecule has 0 radical (unpaired) electrons. The highest BCUT2D eigenvalue weighted by molar-refractivity contribution is 6.09. The zero-order valence-electron chi connectivity index (χ0n) is 19.5. The van der Waals surface area contributed by atoms with Crippen LogP contribution >= 0.6 is 0 Å². The number of ether oxygens (including phenoxy) is 1. The van der Waals surface area contributed by atoms with Gasteiger partial charge in [-0.2, -0.15) is 0 Å². The maximum absolute atomic E-state index is 13.3. The SMILES string of the molecule is CCc1cccc(C(=O)Nc2ccccc2OC)c1N1CCC(C(=O)c2ccc(F)cc2)CC1. The molecule has 1 aliphatic rings. The van der Waals surface area contributed by atoms with E-state index in [0.717, 1.165) is 17.7 Å². The molecule has 1 N–H and O–H groups in total. The standard InChI is InChI=1S/C28H29FN2O3/c1-3-19-7-6-8-23(28(33)30-24-9-4-5-10-25(24)34-2)26(19)31-17-15-21(16-18-31)27(32)20-11-13-22(29)14-12-20/h4-14,21H,3,15-18H2,1-2H3,(H,30,33). The van der Waals surface area contributed by atoms with E-state index in [0.29, 0.717) is 48.5 Å². The second-order valence-corrected chi connectivity index (χ2v) is 8.45. The van der Waals surface area contributed by atoms with E-state index in [1.807, 2.05) is 42.5 Å². The van der Waals surface area contributed by atoms with E-state index in [4.69, 9.17) is 4.74 Å². The number of ketones is 1. The number of piperidine rings is 1. The first kappa shape index (κ1) is 23.5. The van der Waals surface area contributed by atoms with Gasteiger partial charge < -0.3 is 15.0 Å². The molecule has 3 aromatic rings. The van der Waals surface area contributed by atoms with Gasteiger partial charge in [0.15, 0.2) is 5.78 Å². The molecule has 0 spiro atoms. The third-order valence-corrected chi connectivity index (χ3v) is 6.41. The van der Waals surface area contributed by atoms with Crippen LogP contribution in [0, 0.1) is 11.7 Å². The number of Topliss-reactive ketones (excluding diaryl/α,β-unsaturated/α-hetero) is 1. The minimum absolute atomic E-state index is 0.0533. The number of carbonyl (C=O) groups excluding carboxylic acids is 2. The van der Waals surface area contributed by atoms with E-state index in [1.165, 1.54) is 12.1 Å². The summed E-state index contributed by atoms with van der Waals surface area (Å²) in [6.07, 6.45) is 2.16. The number of nitrogens with one attached hydrogen (secondary N) is 1. The minimum atomic E-state index is -0.346. The Balaban J connectivity index is 1.53. The minimum Gasteiger partial charge on any atom is -0.495 e. The summed E-state index contributed by atoms with van der Waals surface area (Å²) in [5, 5.41) is 2.99. The lowest BCUT2D eigenvalue weighted by atomic mass is 9.88. The molecular formula is C28H29FN2O3. The Bertz CT molecular complexity index is 1170. The van der Waals surface area contributed by atoms with Crippen LogP contribution in [-0.2, 0) is 6.42 Å². The van der Waals surface area contributed by atoms with Crippen LogP contribution < -0.4 is 15.0 Å². The monoisotopic (exact) mass is 460 g/mol. The van der Waals surface area contributed by atoms with Crippen LogP contribution in [0.3, 0.4) is 0 Å². The number of methoxy groups -OCH3 is 1. The van der Waals surface area contributed by atoms with Crippen LogP contribution in [0.4, 0.5) is 15.8 Å². The molecule has 5 nitrogen and oxygen atoms in total. The van der Waals surface area contributed by atoms with E-state index < -0.39 is 0 Å². The quantitative estimate of drug-likeness (QED) is 0.456. The highest BCUT2D eigenvalue weighted by atomic mass is 19.1. The van der Waals surface area contributed by atoms with Crippen molar-refractivity contribution in [3.63, 3.8) is 0 Å². The molecule has 1 fully saturated rings. The number of nitrogens with zero attached hydrogens (tertiary/aromatic N) is 1. The number of hydrogen-bond acceptors (Lipinski definition) is 4. The van der Waals surface area contributed by atoms with Crippen molar-refractivity contribution in [2.45, 2.75) is 26.2 Å². The molecular weight excluding hydrogens is 431 g/mol. The number of hydrogen-bond donors (Lipinski definition) is 1. The molecule has 34 heavy (non-hydrogen) atoms. The fraction of sp³-hybridized carbons (Fsp3) is 0.286. The van der Waals surface area contributed by atoms with Gasteiger partial charge in [-0.15, -0.1) is 0 Å². The van der Waals surface area contributed by atoms with Gasteiger partial charge in [-0.3, -0.25) is 9.59 Å². The Hall–Kier alpha value is -3.67. The fourth-order valence-corrected chi connectivity index (χ4v) is 4.59. The van der Waals surface area contributed by atoms with E-state index in [9.17, 15) is 14.0 Å². The van der Waals surface area contributed by atoms with Gasteiger partial charge in [-0.05, 0) is 67.3 Å². The molecule has 0 atom stereocenters. The average molecular weight is 461 g/mol. The zero-order chi connectivity index (χ0) is 24.1. The average Bonchev–Trinajstić information content (AvgIpc) is 2.88. The topological polar surface area (TPSA) is 58.6 Å². The summed E-state index contributed by atoms with van der Waals surface area (Å²) in [6, 6.07) is 18.9. The number of para-hydroxylation sites is 3. The second-order valence-electron chi connectivity index (χ2n) is 8.45. The third-order valence-electron chi connectivity index (χ3n) is 6.41. The summed E-state index contributed by atoms with van der Waals surface area (Å²) in [5.41, 5.74) is 3.78. The number of amides is 1. The molecule has 3 aromatic carbocycles. The molecule has 1 amide bonds. The van der Waals surface area contributed by atoms with Crippen molar-refractivity contribution in [3.05, 3.63) is 89.2 Å². The Labute approximate surface area is 199 Å². The van der Waals surface area contributed by atoms with Crippen molar-refractivity contribution in [2.24, 2.45) is 5.92 Å². The first-order valence-corrected chi connectivity index (χ1v) is 11.6. The van der Waals surface area contributed by atoms with Gasteiger partial charge in [-0.25, -0.2) is 4.39 Å². The number of benzene rings is 3. The van der Waals surface area contributed by atoms with Crippen molar-refractivity contribution in [3.8, 4) is 5.75 Å². The Morgan fingerprint density at radius 2 is 1.71 bits per heavy atom. The maximum atomic E-state index is 13.3. The molecule has 176 valence electrons. The van der Waals surface area contributed by atoms with E-state index >= 15 is 0 Å². The summed E-state index contributed by atoms with van der Waals surface area (Å²) >= 11 is 0. The maximum Gasteiger partial charge on any atom is 0.257 e. The third kappa shape index (κ3) is 4.96. The predicted molar refractivity (Wildman–Crippen MR) is 132 cm³/mol. The van der Waals surface area contributed by atoms with Gasteiger partial charge in [-0.1, -0.05) is 31.2 Å². The Morgan fingerprint density at radius 3 is 2.38 bits per heavy atom. The predicted octanol–water partition coefficient (Wildman–Crippen LogP) is 5.75. The summed E-state index contributed by atoms with van der Waals surface area (Å²) < 4.78 is 18.6. The smallest absolute Gasteiger partial charge is 0.257 e. The van der Waals surface area contributed by atoms with Crippen LogP contribution in [0.1, 0.15) is 46.0 Å². The van der Waals surface area contributed by atoms with Gasteiger partial charge in [0.05, 0.1) is 24.0 Å².